The molecule has 1 aliphatic heterocycles. The molecule has 2 aromatic rings. The van der Waals surface area contributed by atoms with Crippen molar-refractivity contribution in [2.45, 2.75) is 25.4 Å². The van der Waals surface area contributed by atoms with Gasteiger partial charge in [0.15, 0.2) is 0 Å². The van der Waals surface area contributed by atoms with Crippen molar-refractivity contribution < 1.29 is 4.79 Å². The lowest BCUT2D eigenvalue weighted by atomic mass is 10.1. The molecule has 3 rings (SSSR count). The molecular formula is C16H18N6O. The molecule has 2 N–H and O–H groups in total. The first kappa shape index (κ1) is 15.2. The topological polar surface area (TPSA) is 101 Å². The fraction of sp³-hybridized carbons (Fsp3) is 0.375. The van der Waals surface area contributed by atoms with E-state index < -0.39 is 0 Å². The third-order valence-electron chi connectivity index (χ3n) is 4.10. The van der Waals surface area contributed by atoms with E-state index in [4.69, 9.17) is 11.0 Å². The molecule has 0 saturated carbocycles. The molecule has 0 bridgehead atoms. The van der Waals surface area contributed by atoms with Crippen molar-refractivity contribution in [2.24, 2.45) is 5.73 Å². The fourth-order valence-electron chi connectivity index (χ4n) is 2.75. The van der Waals surface area contributed by atoms with Gasteiger partial charge in [-0.05, 0) is 24.1 Å². The number of nitrogens with two attached hydrogens (primary N) is 1. The maximum absolute atomic E-state index is 12.4. The highest BCUT2D eigenvalue weighted by molar-refractivity contribution is 5.79. The van der Waals surface area contributed by atoms with E-state index in [1.54, 1.807) is 16.8 Å². The zero-order valence-electron chi connectivity index (χ0n) is 12.7. The first-order valence-electron chi connectivity index (χ1n) is 7.57. The molecule has 0 aliphatic carbocycles. The number of likely N-dealkylation sites (tertiary alicyclic amines) is 1. The van der Waals surface area contributed by atoms with E-state index in [2.05, 4.69) is 16.4 Å². The number of carbonyl (C=O) groups is 1. The standard InChI is InChI=1S/C16H18N6O/c17-8-13-3-1-12(2-4-13)7-16(23)21-6-5-15(11-21)22-10-14(9-18)19-20-22/h1-4,10,15H,5-7,9,11,18H2. The van der Waals surface area contributed by atoms with E-state index in [0.717, 1.165) is 24.2 Å². The van der Waals surface area contributed by atoms with E-state index in [-0.39, 0.29) is 11.9 Å². The van der Waals surface area contributed by atoms with Gasteiger partial charge in [0.1, 0.15) is 0 Å². The van der Waals surface area contributed by atoms with Crippen LogP contribution in [0.4, 0.5) is 0 Å². The number of rotatable bonds is 4. The predicted octanol–water partition coefficient (Wildman–Crippen LogP) is 0.625. The molecule has 1 saturated heterocycles. The van der Waals surface area contributed by atoms with Crippen LogP contribution in [0.2, 0.25) is 0 Å². The second-order valence-electron chi connectivity index (χ2n) is 5.66. The molecule has 1 unspecified atom stereocenters. The van der Waals surface area contributed by atoms with Gasteiger partial charge in [-0.3, -0.25) is 4.79 Å². The van der Waals surface area contributed by atoms with Crippen molar-refractivity contribution in [3.05, 3.63) is 47.3 Å². The molecule has 1 amide bonds. The predicted molar refractivity (Wildman–Crippen MR) is 83.0 cm³/mol. The second-order valence-corrected chi connectivity index (χ2v) is 5.66. The molecular weight excluding hydrogens is 292 g/mol. The second kappa shape index (κ2) is 6.58. The van der Waals surface area contributed by atoms with Crippen LogP contribution in [0.15, 0.2) is 30.5 Å². The van der Waals surface area contributed by atoms with Gasteiger partial charge in [0.05, 0.1) is 36.0 Å². The molecule has 23 heavy (non-hydrogen) atoms. The van der Waals surface area contributed by atoms with Crippen LogP contribution in [0.5, 0.6) is 0 Å². The minimum absolute atomic E-state index is 0.0939. The summed E-state index contributed by atoms with van der Waals surface area (Å²) in [4.78, 5) is 14.3. The zero-order valence-corrected chi connectivity index (χ0v) is 12.7. The Kier molecular flexibility index (Phi) is 4.35. The monoisotopic (exact) mass is 310 g/mol. The van der Waals surface area contributed by atoms with Crippen molar-refractivity contribution >= 4 is 5.91 Å². The van der Waals surface area contributed by atoms with Crippen LogP contribution in [0.3, 0.4) is 0 Å². The zero-order chi connectivity index (χ0) is 16.2. The number of benzene rings is 1. The van der Waals surface area contributed by atoms with Gasteiger partial charge in [0, 0.05) is 19.6 Å². The Hall–Kier alpha value is -2.72. The lowest BCUT2D eigenvalue weighted by molar-refractivity contribution is -0.129. The summed E-state index contributed by atoms with van der Waals surface area (Å²) in [6.07, 6.45) is 3.07. The van der Waals surface area contributed by atoms with Crippen molar-refractivity contribution in [2.75, 3.05) is 13.1 Å². The first-order valence-corrected chi connectivity index (χ1v) is 7.57. The Balaban J connectivity index is 1.59. The molecule has 1 aromatic heterocycles. The number of nitriles is 1. The number of hydrogen-bond acceptors (Lipinski definition) is 5. The molecule has 2 heterocycles. The highest BCUT2D eigenvalue weighted by Gasteiger charge is 2.28. The molecule has 7 heteroatoms. The van der Waals surface area contributed by atoms with Gasteiger partial charge in [-0.1, -0.05) is 17.3 Å². The summed E-state index contributed by atoms with van der Waals surface area (Å²) >= 11 is 0. The summed E-state index contributed by atoms with van der Waals surface area (Å²) in [6, 6.07) is 9.36. The van der Waals surface area contributed by atoms with E-state index >= 15 is 0 Å². The summed E-state index contributed by atoms with van der Waals surface area (Å²) in [5, 5.41) is 16.9. The van der Waals surface area contributed by atoms with Crippen LogP contribution in [-0.4, -0.2) is 38.9 Å². The van der Waals surface area contributed by atoms with Crippen molar-refractivity contribution in [3.63, 3.8) is 0 Å². The van der Waals surface area contributed by atoms with Gasteiger partial charge in [-0.2, -0.15) is 5.26 Å². The van der Waals surface area contributed by atoms with Crippen LogP contribution in [-0.2, 0) is 17.8 Å². The van der Waals surface area contributed by atoms with Gasteiger partial charge in [0.2, 0.25) is 5.91 Å². The molecule has 7 nitrogen and oxygen atoms in total. The normalized spacial score (nSPS) is 17.2. The number of carbonyl (C=O) groups excluding carboxylic acids is 1. The SMILES string of the molecule is N#Cc1ccc(CC(=O)N2CCC(n3cc(CN)nn3)C2)cc1. The fourth-order valence-corrected chi connectivity index (χ4v) is 2.75. The van der Waals surface area contributed by atoms with Crippen molar-refractivity contribution in [1.82, 2.24) is 19.9 Å². The maximum Gasteiger partial charge on any atom is 0.227 e. The third kappa shape index (κ3) is 3.38. The molecule has 1 aromatic carbocycles. The average Bonchev–Trinajstić information content (AvgIpc) is 3.24. The Morgan fingerprint density at radius 2 is 2.17 bits per heavy atom. The quantitative estimate of drug-likeness (QED) is 0.892. The number of hydrogen-bond donors (Lipinski definition) is 1. The van der Waals surface area contributed by atoms with Crippen LogP contribution in [0.25, 0.3) is 0 Å². The molecule has 1 fully saturated rings. The summed E-state index contributed by atoms with van der Waals surface area (Å²) in [5.41, 5.74) is 7.82. The minimum atomic E-state index is 0.0939. The first-order chi connectivity index (χ1) is 11.2. The van der Waals surface area contributed by atoms with E-state index in [0.29, 0.717) is 25.1 Å². The van der Waals surface area contributed by atoms with Gasteiger partial charge >= 0.3 is 0 Å². The molecule has 1 atom stereocenters. The summed E-state index contributed by atoms with van der Waals surface area (Å²) in [7, 11) is 0. The smallest absolute Gasteiger partial charge is 0.227 e. The number of nitrogens with zero attached hydrogens (tertiary/aromatic N) is 5. The summed E-state index contributed by atoms with van der Waals surface area (Å²) in [6.45, 7) is 1.73. The van der Waals surface area contributed by atoms with E-state index in [9.17, 15) is 4.79 Å². The molecule has 1 aliphatic rings. The maximum atomic E-state index is 12.4. The number of amides is 1. The Morgan fingerprint density at radius 1 is 1.39 bits per heavy atom. The minimum Gasteiger partial charge on any atom is -0.340 e. The summed E-state index contributed by atoms with van der Waals surface area (Å²) < 4.78 is 1.80. The van der Waals surface area contributed by atoms with Crippen LogP contribution < -0.4 is 5.73 Å². The van der Waals surface area contributed by atoms with Gasteiger partial charge in [-0.25, -0.2) is 4.68 Å². The number of aromatic nitrogens is 3. The molecule has 0 spiro atoms. The van der Waals surface area contributed by atoms with Crippen LogP contribution >= 0.6 is 0 Å². The van der Waals surface area contributed by atoms with Crippen molar-refractivity contribution in [1.29, 1.82) is 5.26 Å². The van der Waals surface area contributed by atoms with Crippen molar-refractivity contribution in [3.8, 4) is 6.07 Å². The van der Waals surface area contributed by atoms with Crippen LogP contribution in [0, 0.1) is 11.3 Å². The van der Waals surface area contributed by atoms with E-state index in [1.807, 2.05) is 23.2 Å². The molecule has 118 valence electrons. The Morgan fingerprint density at radius 3 is 2.83 bits per heavy atom. The highest BCUT2D eigenvalue weighted by Crippen LogP contribution is 2.21. The van der Waals surface area contributed by atoms with E-state index in [1.165, 1.54) is 0 Å². The highest BCUT2D eigenvalue weighted by atomic mass is 16.2. The van der Waals surface area contributed by atoms with Crippen LogP contribution in [0.1, 0.15) is 29.3 Å². The third-order valence-corrected chi connectivity index (χ3v) is 4.10. The lowest BCUT2D eigenvalue weighted by Crippen LogP contribution is -2.30. The Labute approximate surface area is 134 Å². The summed E-state index contributed by atoms with van der Waals surface area (Å²) in [5.74, 6) is 0.0939. The Bertz CT molecular complexity index is 730. The lowest BCUT2D eigenvalue weighted by Gasteiger charge is -2.16. The van der Waals surface area contributed by atoms with Gasteiger partial charge in [-0.15, -0.1) is 5.10 Å². The van der Waals surface area contributed by atoms with Gasteiger partial charge < -0.3 is 10.6 Å². The van der Waals surface area contributed by atoms with Gasteiger partial charge in [0.25, 0.3) is 0 Å². The molecule has 0 radical (unpaired) electrons. The largest absolute Gasteiger partial charge is 0.340 e. The average molecular weight is 310 g/mol.